The van der Waals surface area contributed by atoms with Gasteiger partial charge < -0.3 is 15.2 Å². The van der Waals surface area contributed by atoms with Gasteiger partial charge in [0.15, 0.2) is 0 Å². The Balaban J connectivity index is 3.38. The molecule has 0 heterocycles. The lowest BCUT2D eigenvalue weighted by molar-refractivity contribution is 0.200. The van der Waals surface area contributed by atoms with Crippen molar-refractivity contribution in [2.75, 3.05) is 38.4 Å². The summed E-state index contributed by atoms with van der Waals surface area (Å²) >= 11 is 1.94. The van der Waals surface area contributed by atoms with Crippen molar-refractivity contribution in [3.8, 4) is 0 Å². The topological polar surface area (TPSA) is 41.5 Å². The molecule has 92 valence electrons. The molecule has 0 rings (SSSR count). The third-order valence-electron chi connectivity index (χ3n) is 2.12. The van der Waals surface area contributed by atoms with Gasteiger partial charge in [-0.05, 0) is 31.6 Å². The van der Waals surface area contributed by atoms with Crippen LogP contribution in [0.2, 0.25) is 0 Å². The highest BCUT2D eigenvalue weighted by atomic mass is 32.2. The summed E-state index contributed by atoms with van der Waals surface area (Å²) in [5.41, 5.74) is 0. The van der Waals surface area contributed by atoms with Crippen LogP contribution in [0, 0.1) is 0 Å². The van der Waals surface area contributed by atoms with E-state index in [4.69, 9.17) is 9.84 Å². The first-order valence-electron chi connectivity index (χ1n) is 5.76. The highest BCUT2D eigenvalue weighted by Crippen LogP contribution is 2.07. The van der Waals surface area contributed by atoms with Crippen LogP contribution in [0.4, 0.5) is 0 Å². The third kappa shape index (κ3) is 10.5. The maximum absolute atomic E-state index is 8.91. The van der Waals surface area contributed by atoms with Crippen LogP contribution in [0.25, 0.3) is 0 Å². The molecular formula is C11H25NO2S. The van der Waals surface area contributed by atoms with Crippen LogP contribution in [-0.2, 0) is 4.74 Å². The van der Waals surface area contributed by atoms with Crippen molar-refractivity contribution in [1.82, 2.24) is 5.32 Å². The van der Waals surface area contributed by atoms with E-state index >= 15 is 0 Å². The van der Waals surface area contributed by atoms with Gasteiger partial charge in [-0.3, -0.25) is 0 Å². The molecule has 0 aliphatic carbocycles. The summed E-state index contributed by atoms with van der Waals surface area (Å²) in [6, 6.07) is 0.461. The van der Waals surface area contributed by atoms with Crippen LogP contribution in [0.15, 0.2) is 0 Å². The second-order valence-corrected chi connectivity index (χ2v) is 4.73. The van der Waals surface area contributed by atoms with E-state index < -0.39 is 0 Å². The van der Waals surface area contributed by atoms with Gasteiger partial charge in [-0.1, -0.05) is 6.92 Å². The van der Waals surface area contributed by atoms with Gasteiger partial charge in [0.05, 0.1) is 0 Å². The average Bonchev–Trinajstić information content (AvgIpc) is 2.25. The summed E-state index contributed by atoms with van der Waals surface area (Å²) in [6.07, 6.45) is 3.12. The minimum Gasteiger partial charge on any atom is -0.396 e. The minimum absolute atomic E-state index is 0.278. The standard InChI is InChI=1S/C11H25NO2S/c1-3-6-12-11(5-7-13)10-15-9-4-8-14-2/h11-13H,3-10H2,1-2H3. The number of nitrogens with one attached hydrogen (secondary N) is 1. The molecule has 0 spiro atoms. The van der Waals surface area contributed by atoms with Crippen LogP contribution in [-0.4, -0.2) is 49.5 Å². The van der Waals surface area contributed by atoms with E-state index in [9.17, 15) is 0 Å². The molecule has 0 amide bonds. The number of methoxy groups -OCH3 is 1. The highest BCUT2D eigenvalue weighted by Gasteiger charge is 2.06. The summed E-state index contributed by atoms with van der Waals surface area (Å²) in [4.78, 5) is 0. The Morgan fingerprint density at radius 3 is 2.87 bits per heavy atom. The van der Waals surface area contributed by atoms with Crippen LogP contribution in [0.1, 0.15) is 26.2 Å². The fourth-order valence-electron chi connectivity index (χ4n) is 1.28. The SMILES string of the molecule is CCCNC(CCO)CSCCCOC. The first kappa shape index (κ1) is 15.2. The number of aliphatic hydroxyl groups is 1. The number of ether oxygens (including phenoxy) is 1. The number of thioether (sulfide) groups is 1. The molecule has 2 N–H and O–H groups in total. The average molecular weight is 235 g/mol. The third-order valence-corrected chi connectivity index (χ3v) is 3.33. The van der Waals surface area contributed by atoms with Crippen LogP contribution in [0.5, 0.6) is 0 Å². The molecule has 15 heavy (non-hydrogen) atoms. The summed E-state index contributed by atoms with van der Waals surface area (Å²) in [5.74, 6) is 2.23. The van der Waals surface area contributed by atoms with Crippen molar-refractivity contribution < 1.29 is 9.84 Å². The molecule has 0 radical (unpaired) electrons. The predicted octanol–water partition coefficient (Wildman–Crippen LogP) is 1.51. The molecule has 0 bridgehead atoms. The highest BCUT2D eigenvalue weighted by molar-refractivity contribution is 7.99. The summed E-state index contributed by atoms with van der Waals surface area (Å²) in [7, 11) is 1.74. The number of aliphatic hydroxyl groups excluding tert-OH is 1. The zero-order valence-electron chi connectivity index (χ0n) is 10.00. The van der Waals surface area contributed by atoms with Gasteiger partial charge in [0, 0.05) is 32.1 Å². The Morgan fingerprint density at radius 2 is 2.27 bits per heavy atom. The molecule has 0 saturated carbocycles. The summed E-state index contributed by atoms with van der Waals surface area (Å²) in [6.45, 7) is 4.33. The molecule has 0 fully saturated rings. The molecule has 1 unspecified atom stereocenters. The van der Waals surface area contributed by atoms with Gasteiger partial charge in [-0.15, -0.1) is 0 Å². The van der Waals surface area contributed by atoms with E-state index in [1.165, 1.54) is 0 Å². The van der Waals surface area contributed by atoms with E-state index in [1.54, 1.807) is 7.11 Å². The van der Waals surface area contributed by atoms with Crippen molar-refractivity contribution >= 4 is 11.8 Å². The van der Waals surface area contributed by atoms with E-state index in [2.05, 4.69) is 12.2 Å². The second kappa shape index (κ2) is 12.3. The van der Waals surface area contributed by atoms with E-state index in [-0.39, 0.29) is 6.61 Å². The minimum atomic E-state index is 0.278. The molecule has 0 aliphatic rings. The molecule has 0 aromatic rings. The largest absolute Gasteiger partial charge is 0.396 e. The van der Waals surface area contributed by atoms with Crippen molar-refractivity contribution in [2.45, 2.75) is 32.2 Å². The number of rotatable bonds is 11. The van der Waals surface area contributed by atoms with Crippen molar-refractivity contribution in [3.63, 3.8) is 0 Å². The predicted molar refractivity (Wildman–Crippen MR) is 67.6 cm³/mol. The van der Waals surface area contributed by atoms with E-state index in [0.717, 1.165) is 43.9 Å². The van der Waals surface area contributed by atoms with Crippen LogP contribution < -0.4 is 5.32 Å². The second-order valence-electron chi connectivity index (χ2n) is 3.58. The normalized spacial score (nSPS) is 13.0. The van der Waals surface area contributed by atoms with E-state index in [0.29, 0.717) is 6.04 Å². The molecule has 0 aromatic heterocycles. The fraction of sp³-hybridized carbons (Fsp3) is 1.00. The van der Waals surface area contributed by atoms with Crippen LogP contribution in [0.3, 0.4) is 0 Å². The van der Waals surface area contributed by atoms with E-state index in [1.807, 2.05) is 11.8 Å². The quantitative estimate of drug-likeness (QED) is 0.533. The lowest BCUT2D eigenvalue weighted by atomic mass is 10.2. The fourth-order valence-corrected chi connectivity index (χ4v) is 2.34. The van der Waals surface area contributed by atoms with Crippen molar-refractivity contribution in [3.05, 3.63) is 0 Å². The monoisotopic (exact) mass is 235 g/mol. The smallest absolute Gasteiger partial charge is 0.0470 e. The Labute approximate surface area is 98.0 Å². The Bertz CT molecular complexity index is 125. The van der Waals surface area contributed by atoms with Crippen molar-refractivity contribution in [1.29, 1.82) is 0 Å². The molecule has 0 aromatic carbocycles. The number of hydrogen-bond donors (Lipinski definition) is 2. The molecule has 3 nitrogen and oxygen atoms in total. The van der Waals surface area contributed by atoms with Gasteiger partial charge in [-0.2, -0.15) is 11.8 Å². The zero-order valence-corrected chi connectivity index (χ0v) is 10.8. The van der Waals surface area contributed by atoms with Gasteiger partial charge in [0.25, 0.3) is 0 Å². The summed E-state index contributed by atoms with van der Waals surface area (Å²) < 4.78 is 4.99. The van der Waals surface area contributed by atoms with Gasteiger partial charge in [-0.25, -0.2) is 0 Å². The number of hydrogen-bond acceptors (Lipinski definition) is 4. The van der Waals surface area contributed by atoms with Gasteiger partial charge in [0.1, 0.15) is 0 Å². The lowest BCUT2D eigenvalue weighted by Gasteiger charge is -2.16. The van der Waals surface area contributed by atoms with Gasteiger partial charge >= 0.3 is 0 Å². The lowest BCUT2D eigenvalue weighted by Crippen LogP contribution is -2.33. The van der Waals surface area contributed by atoms with Gasteiger partial charge in [0.2, 0.25) is 0 Å². The molecular weight excluding hydrogens is 210 g/mol. The first-order valence-corrected chi connectivity index (χ1v) is 6.91. The molecule has 0 aliphatic heterocycles. The maximum Gasteiger partial charge on any atom is 0.0470 e. The molecule has 0 saturated heterocycles. The zero-order chi connectivity index (χ0) is 11.4. The maximum atomic E-state index is 8.91. The summed E-state index contributed by atoms with van der Waals surface area (Å²) in [5, 5.41) is 12.4. The van der Waals surface area contributed by atoms with Crippen LogP contribution >= 0.6 is 11.8 Å². The Hall–Kier alpha value is 0.230. The molecule has 4 heteroatoms. The Kier molecular flexibility index (Phi) is 12.5. The first-order chi connectivity index (χ1) is 7.35. The molecule has 1 atom stereocenters. The Morgan fingerprint density at radius 1 is 1.47 bits per heavy atom. The van der Waals surface area contributed by atoms with Crippen molar-refractivity contribution in [2.24, 2.45) is 0 Å².